The van der Waals surface area contributed by atoms with Gasteiger partial charge in [0.1, 0.15) is 4.75 Å². The van der Waals surface area contributed by atoms with Crippen LogP contribution in [0.1, 0.15) is 37.8 Å². The molecular weight excluding hydrogens is 708 g/mol. The minimum atomic E-state index is -3.78. The summed E-state index contributed by atoms with van der Waals surface area (Å²) in [5.41, 5.74) is 1.82. The van der Waals surface area contributed by atoms with Crippen LogP contribution in [0, 0.1) is 3.57 Å². The number of ether oxygens (including phenoxy) is 1. The van der Waals surface area contributed by atoms with E-state index in [9.17, 15) is 13.2 Å². The summed E-state index contributed by atoms with van der Waals surface area (Å²) in [7, 11) is -3.78. The maximum absolute atomic E-state index is 14.2. The fourth-order valence-electron chi connectivity index (χ4n) is 4.81. The Balaban J connectivity index is 1.88. The normalized spacial score (nSPS) is 23.3. The molecule has 31 heavy (non-hydrogen) atoms. The predicted octanol–water partition coefficient (Wildman–Crippen LogP) is 6.05. The van der Waals surface area contributed by atoms with Gasteiger partial charge in [0.15, 0.2) is 13.4 Å². The summed E-state index contributed by atoms with van der Waals surface area (Å²) in [6.45, 7) is 3.96. The maximum atomic E-state index is 14.2. The molecule has 166 valence electrons. The molecule has 0 aromatic heterocycles. The lowest BCUT2D eigenvalue weighted by Crippen LogP contribution is -2.52. The largest absolute Gasteiger partial charge is 0.433 e. The van der Waals surface area contributed by atoms with E-state index in [1.165, 1.54) is 0 Å². The Bertz CT molecular complexity index is 1130. The van der Waals surface area contributed by atoms with Crippen LogP contribution in [-0.2, 0) is 25.7 Å². The van der Waals surface area contributed by atoms with Gasteiger partial charge in [-0.1, -0.05) is 22.0 Å². The van der Waals surface area contributed by atoms with Crippen molar-refractivity contribution in [2.45, 2.75) is 52.4 Å². The Labute approximate surface area is 218 Å². The van der Waals surface area contributed by atoms with Crippen molar-refractivity contribution in [2.24, 2.45) is 0 Å². The van der Waals surface area contributed by atoms with Gasteiger partial charge >= 0.3 is 6.09 Å². The number of sulfone groups is 1. The van der Waals surface area contributed by atoms with Gasteiger partial charge in [-0.3, -0.25) is 0 Å². The number of nitrogens with zero attached hydrogens (tertiary/aromatic N) is 1. The summed E-state index contributed by atoms with van der Waals surface area (Å²) < 4.78 is 34.1. The fraction of sp³-hybridized carbons (Fsp3) is 0.409. The summed E-state index contributed by atoms with van der Waals surface area (Å²) >= 11 is 7.75. The summed E-state index contributed by atoms with van der Waals surface area (Å²) in [6.07, 6.45) is 1.17. The first-order valence-corrected chi connectivity index (χ1v) is 14.4. The van der Waals surface area contributed by atoms with Crippen LogP contribution in [0.25, 0.3) is 0 Å². The van der Waals surface area contributed by atoms with Crippen molar-refractivity contribution in [3.8, 4) is 0 Å². The number of amides is 1. The highest BCUT2D eigenvalue weighted by Crippen LogP contribution is 2.53. The average Bonchev–Trinajstić information content (AvgIpc) is 3.08. The molecule has 2 unspecified atom stereocenters. The number of benzene rings is 2. The van der Waals surface area contributed by atoms with Crippen LogP contribution in [0.2, 0.25) is 0 Å². The molecule has 0 N–H and O–H groups in total. The molecule has 2 aliphatic rings. The summed E-state index contributed by atoms with van der Waals surface area (Å²) in [4.78, 5) is 15.0. The first-order valence-electron chi connectivity index (χ1n) is 9.93. The molecule has 1 fully saturated rings. The fourth-order valence-corrected chi connectivity index (χ4v) is 8.13. The van der Waals surface area contributed by atoms with Crippen molar-refractivity contribution < 1.29 is 17.9 Å². The van der Waals surface area contributed by atoms with Gasteiger partial charge in [0, 0.05) is 14.6 Å². The molecule has 0 spiro atoms. The van der Waals surface area contributed by atoms with Crippen LogP contribution in [0.3, 0.4) is 0 Å². The SMILES string of the molecule is CC(C)(I)OC(=O)N1CCC2(S(=O)(=O)c3ccc(I)cc3)c3ccc(Br)cc3CCC12. The van der Waals surface area contributed by atoms with E-state index in [1.54, 1.807) is 17.0 Å². The van der Waals surface area contributed by atoms with E-state index < -0.39 is 30.3 Å². The first-order chi connectivity index (χ1) is 14.5. The molecule has 5 nitrogen and oxygen atoms in total. The van der Waals surface area contributed by atoms with Gasteiger partial charge in [-0.15, -0.1) is 0 Å². The van der Waals surface area contributed by atoms with Gasteiger partial charge in [-0.25, -0.2) is 13.2 Å². The number of fused-ring (bicyclic) bond motifs is 3. The average molecular weight is 730 g/mol. The molecular formula is C22H22BrI2NO4S. The van der Waals surface area contributed by atoms with E-state index >= 15 is 0 Å². The smallest absolute Gasteiger partial charge is 0.411 e. The van der Waals surface area contributed by atoms with Crippen LogP contribution < -0.4 is 0 Å². The second-order valence-corrected chi connectivity index (χ2v) is 15.3. The number of carbonyl (C=O) groups is 1. The van der Waals surface area contributed by atoms with Crippen molar-refractivity contribution in [2.75, 3.05) is 6.54 Å². The van der Waals surface area contributed by atoms with Crippen molar-refractivity contribution in [3.05, 3.63) is 61.6 Å². The summed E-state index contributed by atoms with van der Waals surface area (Å²) in [6, 6.07) is 12.3. The lowest BCUT2D eigenvalue weighted by molar-refractivity contribution is 0.0624. The number of carbonyl (C=O) groups excluding carboxylic acids is 1. The van der Waals surface area contributed by atoms with Crippen molar-refractivity contribution in [1.82, 2.24) is 4.90 Å². The molecule has 1 aliphatic heterocycles. The standard InChI is InChI=1S/C22H22BrI2NO4S/c1-21(2,25)30-20(27)26-12-11-22(31(28,29)17-7-5-16(24)6-8-17)18-9-4-15(23)13-14(18)3-10-19(22)26/h4-9,13,19H,3,10-12H2,1-2H3. The van der Waals surface area contributed by atoms with Crippen LogP contribution >= 0.6 is 61.1 Å². The van der Waals surface area contributed by atoms with Crippen molar-refractivity contribution in [1.29, 1.82) is 0 Å². The number of rotatable bonds is 3. The Morgan fingerprint density at radius 3 is 2.55 bits per heavy atom. The topological polar surface area (TPSA) is 63.7 Å². The third kappa shape index (κ3) is 4.16. The van der Waals surface area contributed by atoms with Gasteiger partial charge in [0.05, 0.1) is 10.9 Å². The second-order valence-electron chi connectivity index (χ2n) is 8.38. The van der Waals surface area contributed by atoms with Crippen molar-refractivity contribution >= 4 is 77.0 Å². The number of likely N-dealkylation sites (tertiary alicyclic amines) is 1. The quantitative estimate of drug-likeness (QED) is 0.285. The minimum absolute atomic E-state index is 0.290. The van der Waals surface area contributed by atoms with E-state index in [2.05, 4.69) is 61.1 Å². The van der Waals surface area contributed by atoms with Gasteiger partial charge in [0.2, 0.25) is 0 Å². The van der Waals surface area contributed by atoms with E-state index in [-0.39, 0.29) is 4.90 Å². The third-order valence-electron chi connectivity index (χ3n) is 6.02. The zero-order chi connectivity index (χ0) is 22.6. The Morgan fingerprint density at radius 2 is 1.90 bits per heavy atom. The van der Waals surface area contributed by atoms with Gasteiger partial charge in [-0.2, -0.15) is 0 Å². The van der Waals surface area contributed by atoms with E-state index in [1.807, 2.05) is 44.2 Å². The van der Waals surface area contributed by atoms with Crippen LogP contribution in [0.15, 0.2) is 51.8 Å². The molecule has 2 atom stereocenters. The predicted molar refractivity (Wildman–Crippen MR) is 140 cm³/mol. The van der Waals surface area contributed by atoms with E-state index in [0.717, 1.165) is 19.2 Å². The Kier molecular flexibility index (Phi) is 6.46. The first kappa shape index (κ1) is 23.7. The minimum Gasteiger partial charge on any atom is -0.433 e. The molecule has 2 aromatic rings. The molecule has 0 saturated carbocycles. The number of alkyl halides is 1. The number of hydrogen-bond acceptors (Lipinski definition) is 4. The third-order valence-corrected chi connectivity index (χ3v) is 10.00. The molecule has 4 rings (SSSR count). The van der Waals surface area contributed by atoms with Crippen molar-refractivity contribution in [3.63, 3.8) is 0 Å². The molecule has 9 heteroatoms. The maximum Gasteiger partial charge on any atom is 0.411 e. The zero-order valence-electron chi connectivity index (χ0n) is 17.1. The molecule has 1 heterocycles. The van der Waals surface area contributed by atoms with E-state index in [4.69, 9.17) is 4.74 Å². The highest BCUT2D eigenvalue weighted by molar-refractivity contribution is 14.1. The second kappa shape index (κ2) is 8.43. The molecule has 1 aliphatic carbocycles. The summed E-state index contributed by atoms with van der Waals surface area (Å²) in [5.74, 6) is 0. The van der Waals surface area contributed by atoms with Gasteiger partial charge in [-0.05, 0) is 126 Å². The van der Waals surface area contributed by atoms with Crippen LogP contribution in [0.4, 0.5) is 4.79 Å². The molecule has 2 aromatic carbocycles. The highest BCUT2D eigenvalue weighted by Gasteiger charge is 2.61. The molecule has 0 bridgehead atoms. The zero-order valence-corrected chi connectivity index (χ0v) is 23.8. The summed E-state index contributed by atoms with van der Waals surface area (Å²) in [5, 5.41) is 0. The van der Waals surface area contributed by atoms with Gasteiger partial charge < -0.3 is 9.64 Å². The number of hydrogen-bond donors (Lipinski definition) is 0. The lowest BCUT2D eigenvalue weighted by Gasteiger charge is -2.42. The Morgan fingerprint density at radius 1 is 1.23 bits per heavy atom. The molecule has 1 amide bonds. The monoisotopic (exact) mass is 729 g/mol. The number of halogens is 3. The van der Waals surface area contributed by atoms with E-state index in [0.29, 0.717) is 25.8 Å². The molecule has 0 radical (unpaired) electrons. The Hall–Kier alpha value is -0.400. The lowest BCUT2D eigenvalue weighted by atomic mass is 9.78. The highest BCUT2D eigenvalue weighted by atomic mass is 127. The van der Waals surface area contributed by atoms with Crippen LogP contribution in [0.5, 0.6) is 0 Å². The number of aryl methyl sites for hydroxylation is 1. The van der Waals surface area contributed by atoms with Crippen LogP contribution in [-0.4, -0.2) is 35.6 Å². The van der Waals surface area contributed by atoms with Gasteiger partial charge in [0.25, 0.3) is 0 Å². The molecule has 1 saturated heterocycles.